The smallest absolute Gasteiger partial charge is 0.306 e. The van der Waals surface area contributed by atoms with Crippen LogP contribution in [-0.4, -0.2) is 37.2 Å². The van der Waals surface area contributed by atoms with E-state index in [1.165, 1.54) is 103 Å². The first-order chi connectivity index (χ1) is 39.0. The van der Waals surface area contributed by atoms with Gasteiger partial charge in [-0.25, -0.2) is 0 Å². The Labute approximate surface area is 487 Å². The Morgan fingerprint density at radius 1 is 0.266 bits per heavy atom. The number of ether oxygens (including phenoxy) is 3. The number of carbonyl (C=O) groups excluding carboxylic acids is 3. The fraction of sp³-hybridized carbons (Fsp3) is 0.630. The van der Waals surface area contributed by atoms with Crippen molar-refractivity contribution in [1.82, 2.24) is 0 Å². The number of hydrogen-bond donors (Lipinski definition) is 0. The Bertz CT molecular complexity index is 1730. The van der Waals surface area contributed by atoms with Crippen molar-refractivity contribution >= 4 is 17.9 Å². The summed E-state index contributed by atoms with van der Waals surface area (Å²) in [5, 5.41) is 0. The van der Waals surface area contributed by atoms with Crippen molar-refractivity contribution in [3.63, 3.8) is 0 Å². The SMILES string of the molecule is CC/C=C\C/C=C\C/C=C\C/C=C\C/C=C\C/C=C\CCC(=O)OC(COC(=O)CCCCCCC/C=C\C/C=C\CCCCC)COC(=O)CCCCCCCCCCCCCCCC/C=C\C/C=C\C/C=C\C/C=C\CC. The summed E-state index contributed by atoms with van der Waals surface area (Å²) in [4.78, 5) is 38.3. The van der Waals surface area contributed by atoms with Gasteiger partial charge < -0.3 is 14.2 Å². The van der Waals surface area contributed by atoms with Gasteiger partial charge >= 0.3 is 17.9 Å². The van der Waals surface area contributed by atoms with Crippen LogP contribution in [0.1, 0.15) is 278 Å². The highest BCUT2D eigenvalue weighted by atomic mass is 16.6. The molecule has 0 bridgehead atoms. The molecule has 79 heavy (non-hydrogen) atoms. The molecule has 0 N–H and O–H groups in total. The van der Waals surface area contributed by atoms with Crippen molar-refractivity contribution < 1.29 is 28.6 Å². The molecule has 0 heterocycles. The molecule has 6 nitrogen and oxygen atoms in total. The Morgan fingerprint density at radius 3 is 0.823 bits per heavy atom. The highest BCUT2D eigenvalue weighted by molar-refractivity contribution is 5.71. The second-order valence-electron chi connectivity index (χ2n) is 20.9. The highest BCUT2D eigenvalue weighted by Gasteiger charge is 2.19. The first-order valence-electron chi connectivity index (χ1n) is 32.3. The second kappa shape index (κ2) is 65.8. The maximum Gasteiger partial charge on any atom is 0.306 e. The average molecular weight is 1090 g/mol. The summed E-state index contributed by atoms with van der Waals surface area (Å²) in [6.07, 6.45) is 94.4. The predicted octanol–water partition coefficient (Wildman–Crippen LogP) is 22.3. The van der Waals surface area contributed by atoms with Gasteiger partial charge in [0.15, 0.2) is 6.10 Å². The van der Waals surface area contributed by atoms with E-state index >= 15 is 0 Å². The zero-order valence-corrected chi connectivity index (χ0v) is 51.1. The summed E-state index contributed by atoms with van der Waals surface area (Å²) in [5.41, 5.74) is 0. The van der Waals surface area contributed by atoms with Crippen LogP contribution in [0, 0.1) is 0 Å². The van der Waals surface area contributed by atoms with Gasteiger partial charge in [-0.05, 0) is 128 Å². The molecule has 0 saturated heterocycles. The Hall–Kier alpha value is -4.71. The fourth-order valence-electron chi connectivity index (χ4n) is 8.55. The number of esters is 3. The van der Waals surface area contributed by atoms with Crippen LogP contribution < -0.4 is 0 Å². The minimum absolute atomic E-state index is 0.117. The fourth-order valence-corrected chi connectivity index (χ4v) is 8.55. The molecule has 0 aliphatic carbocycles. The standard InChI is InChI=1S/C73H118O6/c1-4-7-10-13-16-19-22-25-28-30-32-33-34-35-36-37-38-39-41-42-45-48-51-54-57-60-63-66-72(75)78-69-70(68-77-71(74)65-62-59-56-53-50-47-44-27-24-21-18-15-12-9-6-3)79-73(76)67-64-61-58-55-52-49-46-43-40-31-29-26-23-20-17-14-11-8-5-2/h7-8,10-11,16-21,25-29,32-33,40,43-44,49,52,58,61,70H,4-6,9,12-15,22-24,30-31,34-39,41-42,45-48,50-51,53-57,59-60,62-69H2,1-3H3/b10-7-,11-8-,19-16-,20-17-,21-18-,28-25-,29-26-,33-32-,43-40-,44-27-,52-49-,61-58-. The lowest BCUT2D eigenvalue weighted by molar-refractivity contribution is -0.166. The monoisotopic (exact) mass is 1090 g/mol. The normalized spacial score (nSPS) is 13.1. The van der Waals surface area contributed by atoms with E-state index in [1.807, 2.05) is 6.08 Å². The van der Waals surface area contributed by atoms with E-state index in [-0.39, 0.29) is 31.6 Å². The first kappa shape index (κ1) is 74.3. The summed E-state index contributed by atoms with van der Waals surface area (Å²) in [6.45, 7) is 6.32. The minimum atomic E-state index is -0.831. The molecule has 0 aliphatic rings. The van der Waals surface area contributed by atoms with Crippen LogP contribution in [0.5, 0.6) is 0 Å². The average Bonchev–Trinajstić information content (AvgIpc) is 3.45. The first-order valence-corrected chi connectivity index (χ1v) is 32.3. The van der Waals surface area contributed by atoms with Gasteiger partial charge in [0.2, 0.25) is 0 Å². The second-order valence-corrected chi connectivity index (χ2v) is 20.9. The number of carbonyl (C=O) groups is 3. The van der Waals surface area contributed by atoms with E-state index in [9.17, 15) is 14.4 Å². The molecular weight excluding hydrogens is 973 g/mol. The van der Waals surface area contributed by atoms with E-state index in [0.717, 1.165) is 128 Å². The lowest BCUT2D eigenvalue weighted by Crippen LogP contribution is -2.30. The summed E-state index contributed by atoms with van der Waals surface area (Å²) in [7, 11) is 0. The van der Waals surface area contributed by atoms with Crippen LogP contribution in [0.3, 0.4) is 0 Å². The number of rotatable bonds is 57. The largest absolute Gasteiger partial charge is 0.462 e. The molecule has 0 aliphatic heterocycles. The molecule has 0 aromatic carbocycles. The van der Waals surface area contributed by atoms with Crippen LogP contribution in [-0.2, 0) is 28.6 Å². The lowest BCUT2D eigenvalue weighted by atomic mass is 10.0. The van der Waals surface area contributed by atoms with Gasteiger partial charge in [0, 0.05) is 19.3 Å². The molecule has 0 rings (SSSR count). The summed E-state index contributed by atoms with van der Waals surface area (Å²) in [6, 6.07) is 0. The van der Waals surface area contributed by atoms with Crippen LogP contribution in [0.4, 0.5) is 0 Å². The molecule has 0 aromatic heterocycles. The van der Waals surface area contributed by atoms with Gasteiger partial charge in [0.25, 0.3) is 0 Å². The third-order valence-electron chi connectivity index (χ3n) is 13.3. The predicted molar refractivity (Wildman–Crippen MR) is 343 cm³/mol. The van der Waals surface area contributed by atoms with E-state index in [0.29, 0.717) is 19.3 Å². The van der Waals surface area contributed by atoms with Gasteiger partial charge in [0.05, 0.1) is 0 Å². The zero-order chi connectivity index (χ0) is 57.1. The molecule has 0 amide bonds. The quantitative estimate of drug-likeness (QED) is 0.0261. The van der Waals surface area contributed by atoms with Gasteiger partial charge in [-0.2, -0.15) is 0 Å². The summed E-state index contributed by atoms with van der Waals surface area (Å²) >= 11 is 0. The maximum absolute atomic E-state index is 12.9. The van der Waals surface area contributed by atoms with Crippen LogP contribution in [0.2, 0.25) is 0 Å². The number of hydrogen-bond acceptors (Lipinski definition) is 6. The molecule has 0 radical (unpaired) electrons. The number of unbranched alkanes of at least 4 members (excludes halogenated alkanes) is 22. The van der Waals surface area contributed by atoms with Crippen LogP contribution in [0.25, 0.3) is 0 Å². The van der Waals surface area contributed by atoms with E-state index in [2.05, 4.69) is 161 Å². The zero-order valence-electron chi connectivity index (χ0n) is 51.1. The maximum atomic E-state index is 12.9. The number of allylic oxidation sites excluding steroid dienone is 24. The molecule has 0 fully saturated rings. The van der Waals surface area contributed by atoms with Crippen LogP contribution >= 0.6 is 0 Å². The molecule has 1 atom stereocenters. The molecule has 1 unspecified atom stereocenters. The Kier molecular flexibility index (Phi) is 61.9. The summed E-state index contributed by atoms with van der Waals surface area (Å²) in [5.74, 6) is -1.02. The molecule has 0 spiro atoms. The minimum Gasteiger partial charge on any atom is -0.462 e. The lowest BCUT2D eigenvalue weighted by Gasteiger charge is -2.18. The van der Waals surface area contributed by atoms with Gasteiger partial charge in [-0.1, -0.05) is 276 Å². The molecule has 0 saturated carbocycles. The Balaban J connectivity index is 4.42. The van der Waals surface area contributed by atoms with Crippen molar-refractivity contribution in [2.24, 2.45) is 0 Å². The molecule has 0 aromatic rings. The van der Waals surface area contributed by atoms with E-state index < -0.39 is 12.1 Å². The molecule has 6 heteroatoms. The van der Waals surface area contributed by atoms with Gasteiger partial charge in [0.1, 0.15) is 13.2 Å². The van der Waals surface area contributed by atoms with Gasteiger partial charge in [-0.3, -0.25) is 14.4 Å². The van der Waals surface area contributed by atoms with E-state index in [4.69, 9.17) is 14.2 Å². The Morgan fingerprint density at radius 2 is 0.519 bits per heavy atom. The third kappa shape index (κ3) is 64.0. The molecule has 446 valence electrons. The van der Waals surface area contributed by atoms with E-state index in [1.54, 1.807) is 0 Å². The summed E-state index contributed by atoms with van der Waals surface area (Å²) < 4.78 is 16.8. The van der Waals surface area contributed by atoms with Crippen molar-refractivity contribution in [3.05, 3.63) is 146 Å². The highest BCUT2D eigenvalue weighted by Crippen LogP contribution is 2.15. The topological polar surface area (TPSA) is 78.9 Å². The molecular formula is C73H118O6. The van der Waals surface area contributed by atoms with Crippen LogP contribution in [0.15, 0.2) is 146 Å². The van der Waals surface area contributed by atoms with Gasteiger partial charge in [-0.15, -0.1) is 0 Å². The van der Waals surface area contributed by atoms with Crippen molar-refractivity contribution in [2.45, 2.75) is 284 Å². The van der Waals surface area contributed by atoms with Crippen molar-refractivity contribution in [3.8, 4) is 0 Å². The third-order valence-corrected chi connectivity index (χ3v) is 13.3. The van der Waals surface area contributed by atoms with Crippen molar-refractivity contribution in [1.29, 1.82) is 0 Å². The van der Waals surface area contributed by atoms with Crippen molar-refractivity contribution in [2.75, 3.05) is 13.2 Å².